The van der Waals surface area contributed by atoms with E-state index in [0.29, 0.717) is 6.42 Å². The highest BCUT2D eigenvalue weighted by Crippen LogP contribution is 2.05. The van der Waals surface area contributed by atoms with Gasteiger partial charge in [-0.3, -0.25) is 4.90 Å². The van der Waals surface area contributed by atoms with Gasteiger partial charge in [0.1, 0.15) is 6.23 Å². The lowest BCUT2D eigenvalue weighted by molar-refractivity contribution is 0.00408. The Balaban J connectivity index is 3.72. The van der Waals surface area contributed by atoms with Crippen molar-refractivity contribution < 1.29 is 5.11 Å². The van der Waals surface area contributed by atoms with E-state index in [1.165, 1.54) is 25.7 Å². The average molecular weight is 186 g/mol. The summed E-state index contributed by atoms with van der Waals surface area (Å²) in [6, 6.07) is 0. The van der Waals surface area contributed by atoms with E-state index in [2.05, 4.69) is 25.7 Å². The van der Waals surface area contributed by atoms with Gasteiger partial charge in [-0.2, -0.15) is 0 Å². The van der Waals surface area contributed by atoms with Crippen LogP contribution in [0.25, 0.3) is 0 Å². The SMILES string of the molecule is [CH2]CC(O)N(CCCC)CCCC. The standard InChI is InChI=1S/C11H24NO/c1-4-7-9-12(10-8-5-2)11(13)6-3/h11,13H,3-10H2,1-2H3. The Morgan fingerprint density at radius 2 is 1.62 bits per heavy atom. The Bertz CT molecular complexity index is 98.3. The highest BCUT2D eigenvalue weighted by atomic mass is 16.3. The molecule has 0 aliphatic carbocycles. The van der Waals surface area contributed by atoms with Crippen LogP contribution in [0.1, 0.15) is 46.0 Å². The molecule has 1 unspecified atom stereocenters. The topological polar surface area (TPSA) is 23.5 Å². The molecule has 0 rings (SSSR count). The third kappa shape index (κ3) is 6.05. The summed E-state index contributed by atoms with van der Waals surface area (Å²) in [5, 5.41) is 9.63. The fourth-order valence-corrected chi connectivity index (χ4v) is 1.31. The maximum absolute atomic E-state index is 9.63. The molecule has 0 amide bonds. The van der Waals surface area contributed by atoms with Gasteiger partial charge in [0.15, 0.2) is 0 Å². The maximum atomic E-state index is 9.63. The summed E-state index contributed by atoms with van der Waals surface area (Å²) >= 11 is 0. The summed E-state index contributed by atoms with van der Waals surface area (Å²) in [6.07, 6.45) is 4.96. The normalized spacial score (nSPS) is 13.6. The van der Waals surface area contributed by atoms with Gasteiger partial charge in [-0.15, -0.1) is 0 Å². The van der Waals surface area contributed by atoms with Crippen LogP contribution >= 0.6 is 0 Å². The summed E-state index contributed by atoms with van der Waals surface area (Å²) < 4.78 is 0. The summed E-state index contributed by atoms with van der Waals surface area (Å²) in [6.45, 7) is 10.1. The first-order valence-corrected chi connectivity index (χ1v) is 5.47. The molecule has 1 atom stereocenters. The van der Waals surface area contributed by atoms with Gasteiger partial charge < -0.3 is 5.11 Å². The molecule has 0 heterocycles. The zero-order chi connectivity index (χ0) is 10.1. The molecule has 0 aromatic carbocycles. The van der Waals surface area contributed by atoms with E-state index in [9.17, 15) is 5.11 Å². The zero-order valence-corrected chi connectivity index (χ0v) is 9.13. The quantitative estimate of drug-likeness (QED) is 0.588. The number of aliphatic hydroxyl groups is 1. The summed E-state index contributed by atoms with van der Waals surface area (Å²) in [4.78, 5) is 2.14. The number of hydrogen-bond donors (Lipinski definition) is 1. The van der Waals surface area contributed by atoms with E-state index in [0.717, 1.165) is 13.1 Å². The maximum Gasteiger partial charge on any atom is 0.107 e. The van der Waals surface area contributed by atoms with Crippen molar-refractivity contribution in [3.05, 3.63) is 6.92 Å². The number of nitrogens with zero attached hydrogens (tertiary/aromatic N) is 1. The van der Waals surface area contributed by atoms with Crippen LogP contribution in [-0.2, 0) is 0 Å². The van der Waals surface area contributed by atoms with Gasteiger partial charge >= 0.3 is 0 Å². The highest BCUT2D eigenvalue weighted by molar-refractivity contribution is 4.62. The van der Waals surface area contributed by atoms with Crippen LogP contribution in [-0.4, -0.2) is 29.3 Å². The minimum Gasteiger partial charge on any atom is -0.378 e. The number of aliphatic hydroxyl groups excluding tert-OH is 1. The van der Waals surface area contributed by atoms with Crippen LogP contribution in [0.4, 0.5) is 0 Å². The van der Waals surface area contributed by atoms with E-state index in [4.69, 9.17) is 0 Å². The van der Waals surface area contributed by atoms with Gasteiger partial charge in [-0.05, 0) is 26.2 Å². The molecule has 0 aromatic rings. The fourth-order valence-electron chi connectivity index (χ4n) is 1.31. The van der Waals surface area contributed by atoms with Crippen molar-refractivity contribution in [2.75, 3.05) is 13.1 Å². The second-order valence-electron chi connectivity index (χ2n) is 3.51. The fraction of sp³-hybridized carbons (Fsp3) is 0.909. The molecule has 0 aliphatic heterocycles. The van der Waals surface area contributed by atoms with Gasteiger partial charge in [-0.1, -0.05) is 26.7 Å². The van der Waals surface area contributed by atoms with Gasteiger partial charge in [0.25, 0.3) is 0 Å². The van der Waals surface area contributed by atoms with Gasteiger partial charge in [0, 0.05) is 13.1 Å². The van der Waals surface area contributed by atoms with Crippen molar-refractivity contribution in [1.29, 1.82) is 0 Å². The third-order valence-corrected chi connectivity index (χ3v) is 2.28. The first kappa shape index (κ1) is 12.9. The summed E-state index contributed by atoms with van der Waals surface area (Å²) in [5.41, 5.74) is 0. The molecule has 0 bridgehead atoms. The molecular formula is C11H24NO. The molecule has 0 fully saturated rings. The molecule has 0 saturated carbocycles. The molecule has 1 radical (unpaired) electrons. The Morgan fingerprint density at radius 3 is 1.92 bits per heavy atom. The molecule has 79 valence electrons. The van der Waals surface area contributed by atoms with Crippen molar-refractivity contribution in [1.82, 2.24) is 4.90 Å². The van der Waals surface area contributed by atoms with Crippen LogP contribution in [0.5, 0.6) is 0 Å². The predicted molar refractivity (Wildman–Crippen MR) is 57.4 cm³/mol. The second kappa shape index (κ2) is 8.52. The number of unbranched alkanes of at least 4 members (excludes halogenated alkanes) is 2. The lowest BCUT2D eigenvalue weighted by Crippen LogP contribution is -2.36. The number of hydrogen-bond acceptors (Lipinski definition) is 2. The predicted octanol–water partition coefficient (Wildman–Crippen LogP) is 2.43. The minimum atomic E-state index is -0.335. The molecule has 0 aliphatic rings. The lowest BCUT2D eigenvalue weighted by atomic mass is 10.2. The average Bonchev–Trinajstić information content (AvgIpc) is 2.17. The molecule has 13 heavy (non-hydrogen) atoms. The van der Waals surface area contributed by atoms with E-state index in [1.807, 2.05) is 0 Å². The lowest BCUT2D eigenvalue weighted by Gasteiger charge is -2.26. The highest BCUT2D eigenvalue weighted by Gasteiger charge is 2.11. The van der Waals surface area contributed by atoms with Crippen molar-refractivity contribution in [3.63, 3.8) is 0 Å². The molecule has 2 nitrogen and oxygen atoms in total. The van der Waals surface area contributed by atoms with E-state index < -0.39 is 0 Å². The van der Waals surface area contributed by atoms with Gasteiger partial charge in [0.05, 0.1) is 0 Å². The van der Waals surface area contributed by atoms with E-state index in [-0.39, 0.29) is 6.23 Å². The number of rotatable bonds is 8. The first-order chi connectivity index (χ1) is 6.26. The second-order valence-corrected chi connectivity index (χ2v) is 3.51. The molecule has 0 aromatic heterocycles. The van der Waals surface area contributed by atoms with E-state index >= 15 is 0 Å². The van der Waals surface area contributed by atoms with Gasteiger partial charge in [0.2, 0.25) is 0 Å². The molecule has 2 heteroatoms. The Hall–Kier alpha value is -0.0800. The Labute approximate surface area is 82.9 Å². The van der Waals surface area contributed by atoms with Crippen molar-refractivity contribution in [2.24, 2.45) is 0 Å². The third-order valence-electron chi connectivity index (χ3n) is 2.28. The van der Waals surface area contributed by atoms with Crippen molar-refractivity contribution >= 4 is 0 Å². The molecule has 0 saturated heterocycles. The van der Waals surface area contributed by atoms with Crippen LogP contribution in [0, 0.1) is 6.92 Å². The Kier molecular flexibility index (Phi) is 8.46. The first-order valence-electron chi connectivity index (χ1n) is 5.47. The van der Waals surface area contributed by atoms with Crippen LogP contribution in [0.2, 0.25) is 0 Å². The molecular weight excluding hydrogens is 162 g/mol. The smallest absolute Gasteiger partial charge is 0.107 e. The van der Waals surface area contributed by atoms with Crippen molar-refractivity contribution in [2.45, 2.75) is 52.2 Å². The minimum absolute atomic E-state index is 0.335. The monoisotopic (exact) mass is 186 g/mol. The summed E-state index contributed by atoms with van der Waals surface area (Å²) in [7, 11) is 0. The van der Waals surface area contributed by atoms with Crippen molar-refractivity contribution in [3.8, 4) is 0 Å². The molecule has 0 spiro atoms. The zero-order valence-electron chi connectivity index (χ0n) is 9.13. The van der Waals surface area contributed by atoms with Crippen LogP contribution < -0.4 is 0 Å². The summed E-state index contributed by atoms with van der Waals surface area (Å²) in [5.74, 6) is 0. The molecule has 1 N–H and O–H groups in total. The van der Waals surface area contributed by atoms with Gasteiger partial charge in [-0.25, -0.2) is 0 Å². The van der Waals surface area contributed by atoms with Crippen LogP contribution in [0.3, 0.4) is 0 Å². The van der Waals surface area contributed by atoms with E-state index in [1.54, 1.807) is 0 Å². The largest absolute Gasteiger partial charge is 0.378 e. The van der Waals surface area contributed by atoms with Crippen LogP contribution in [0.15, 0.2) is 0 Å². The Morgan fingerprint density at radius 1 is 1.15 bits per heavy atom.